The summed E-state index contributed by atoms with van der Waals surface area (Å²) in [5.74, 6) is 1.10. The molecule has 2 fully saturated rings. The van der Waals surface area contributed by atoms with Crippen molar-refractivity contribution in [3.05, 3.63) is 18.6 Å². The van der Waals surface area contributed by atoms with Gasteiger partial charge in [-0.25, -0.2) is 18.4 Å². The topological polar surface area (TPSA) is 82.2 Å². The summed E-state index contributed by atoms with van der Waals surface area (Å²) in [5.41, 5.74) is 0.897. The zero-order valence-corrected chi connectivity index (χ0v) is 14.9. The third-order valence-electron chi connectivity index (χ3n) is 5.46. The zero-order valence-electron chi connectivity index (χ0n) is 14.1. The number of hydrogen-bond acceptors (Lipinski definition) is 5. The van der Waals surface area contributed by atoms with E-state index < -0.39 is 10.0 Å². The highest BCUT2D eigenvalue weighted by Crippen LogP contribution is 2.55. The van der Waals surface area contributed by atoms with Crippen molar-refractivity contribution < 1.29 is 8.42 Å². The molecule has 1 saturated heterocycles. The number of aromatic amines is 1. The Balaban J connectivity index is 1.65. The number of likely N-dealkylation sites (N-methyl/N-ethyl adjacent to an activating group) is 1. The molecule has 1 aliphatic heterocycles. The predicted octanol–water partition coefficient (Wildman–Crippen LogP) is 1.60. The first-order valence-corrected chi connectivity index (χ1v) is 10.1. The van der Waals surface area contributed by atoms with Crippen LogP contribution in [-0.4, -0.2) is 59.6 Å². The Morgan fingerprint density at radius 1 is 1.42 bits per heavy atom. The second-order valence-electron chi connectivity index (χ2n) is 7.03. The van der Waals surface area contributed by atoms with Crippen LogP contribution >= 0.6 is 0 Å². The van der Waals surface area contributed by atoms with Crippen molar-refractivity contribution in [2.24, 2.45) is 5.41 Å². The maximum absolute atomic E-state index is 12.5. The van der Waals surface area contributed by atoms with Crippen LogP contribution in [0.3, 0.4) is 0 Å². The highest BCUT2D eigenvalue weighted by molar-refractivity contribution is 7.89. The molecule has 1 aliphatic carbocycles. The second kappa shape index (κ2) is 5.42. The average Bonchev–Trinajstić information content (AvgIpc) is 2.98. The zero-order chi connectivity index (χ0) is 16.9. The van der Waals surface area contributed by atoms with Gasteiger partial charge in [0.1, 0.15) is 17.8 Å². The van der Waals surface area contributed by atoms with Crippen LogP contribution in [0, 0.1) is 5.41 Å². The number of hydrogen-bond donors (Lipinski definition) is 1. The monoisotopic (exact) mass is 349 g/mol. The van der Waals surface area contributed by atoms with Gasteiger partial charge in [0.2, 0.25) is 10.0 Å². The third-order valence-corrected chi connectivity index (χ3v) is 7.45. The first kappa shape index (κ1) is 15.8. The van der Waals surface area contributed by atoms with Gasteiger partial charge in [-0.2, -0.15) is 4.31 Å². The molecule has 0 amide bonds. The molecule has 1 unspecified atom stereocenters. The molecule has 2 aliphatic rings. The van der Waals surface area contributed by atoms with Crippen LogP contribution in [0.15, 0.2) is 18.6 Å². The van der Waals surface area contributed by atoms with Gasteiger partial charge in [-0.1, -0.05) is 6.92 Å². The first-order chi connectivity index (χ1) is 11.5. The number of nitrogens with zero attached hydrogens (tertiary/aromatic N) is 4. The van der Waals surface area contributed by atoms with E-state index in [9.17, 15) is 8.42 Å². The molecule has 0 radical (unpaired) electrons. The lowest BCUT2D eigenvalue weighted by Gasteiger charge is -2.30. The number of anilines is 1. The van der Waals surface area contributed by atoms with Crippen LogP contribution in [0.1, 0.15) is 26.2 Å². The first-order valence-electron chi connectivity index (χ1n) is 8.46. The van der Waals surface area contributed by atoms with Crippen molar-refractivity contribution in [3.63, 3.8) is 0 Å². The van der Waals surface area contributed by atoms with E-state index in [1.807, 2.05) is 26.2 Å². The highest BCUT2D eigenvalue weighted by atomic mass is 32.2. The average molecular weight is 349 g/mol. The van der Waals surface area contributed by atoms with Crippen molar-refractivity contribution in [2.75, 3.05) is 30.8 Å². The molecule has 3 heterocycles. The van der Waals surface area contributed by atoms with Crippen LogP contribution in [-0.2, 0) is 10.0 Å². The Bertz CT molecular complexity index is 858. The van der Waals surface area contributed by atoms with Gasteiger partial charge in [-0.3, -0.25) is 0 Å². The summed E-state index contributed by atoms with van der Waals surface area (Å²) in [7, 11) is -1.13. The van der Waals surface area contributed by atoms with E-state index in [0.717, 1.165) is 29.7 Å². The number of sulfonamides is 1. The minimum absolute atomic E-state index is 0.0865. The number of nitrogens with one attached hydrogen (secondary N) is 1. The van der Waals surface area contributed by atoms with E-state index in [2.05, 4.69) is 19.9 Å². The normalized spacial score (nSPS) is 23.2. The molecule has 1 saturated carbocycles. The molecular formula is C16H23N5O2S. The summed E-state index contributed by atoms with van der Waals surface area (Å²) in [4.78, 5) is 14.0. The van der Waals surface area contributed by atoms with E-state index in [4.69, 9.17) is 0 Å². The molecule has 0 bridgehead atoms. The van der Waals surface area contributed by atoms with Crippen molar-refractivity contribution >= 4 is 26.9 Å². The molecule has 1 atom stereocenters. The summed E-state index contributed by atoms with van der Waals surface area (Å²) in [6, 6.07) is 2.14. The van der Waals surface area contributed by atoms with Gasteiger partial charge in [0.05, 0.1) is 17.2 Å². The van der Waals surface area contributed by atoms with E-state index in [1.165, 1.54) is 0 Å². The molecule has 7 nitrogen and oxygen atoms in total. The van der Waals surface area contributed by atoms with E-state index in [0.29, 0.717) is 19.5 Å². The maximum atomic E-state index is 12.5. The van der Waals surface area contributed by atoms with Gasteiger partial charge < -0.3 is 9.88 Å². The number of H-pyrrole nitrogens is 1. The number of aromatic nitrogens is 3. The summed E-state index contributed by atoms with van der Waals surface area (Å²) in [6.45, 7) is 3.11. The van der Waals surface area contributed by atoms with Crippen LogP contribution in [0.5, 0.6) is 0 Å². The Morgan fingerprint density at radius 3 is 2.92 bits per heavy atom. The molecule has 1 spiro atoms. The quantitative estimate of drug-likeness (QED) is 0.886. The smallest absolute Gasteiger partial charge is 0.214 e. The van der Waals surface area contributed by atoms with Crippen molar-refractivity contribution in [1.82, 2.24) is 19.3 Å². The molecular weight excluding hydrogens is 326 g/mol. The van der Waals surface area contributed by atoms with E-state index in [1.54, 1.807) is 10.6 Å². The lowest BCUT2D eigenvalue weighted by Crippen LogP contribution is -2.40. The predicted molar refractivity (Wildman–Crippen MR) is 93.4 cm³/mol. The van der Waals surface area contributed by atoms with Gasteiger partial charge in [0.25, 0.3) is 0 Å². The minimum atomic E-state index is -3.15. The van der Waals surface area contributed by atoms with Gasteiger partial charge in [-0.05, 0) is 25.3 Å². The lowest BCUT2D eigenvalue weighted by atomic mass is 9.99. The van der Waals surface area contributed by atoms with Gasteiger partial charge >= 0.3 is 0 Å². The van der Waals surface area contributed by atoms with Gasteiger partial charge in [-0.15, -0.1) is 0 Å². The second-order valence-corrected chi connectivity index (χ2v) is 9.12. The fourth-order valence-corrected chi connectivity index (χ4v) is 5.58. The Morgan fingerprint density at radius 2 is 2.21 bits per heavy atom. The Labute approximate surface area is 142 Å². The SMILES string of the molecule is CCCS(=O)(=O)N1CC(N(C)c2ncnc3[nH]ccc23)C2(CC2)C1. The Kier molecular flexibility index (Phi) is 3.58. The van der Waals surface area contributed by atoms with Crippen molar-refractivity contribution in [2.45, 2.75) is 32.2 Å². The fourth-order valence-electron chi connectivity index (χ4n) is 3.98. The van der Waals surface area contributed by atoms with Crippen molar-refractivity contribution in [3.8, 4) is 0 Å². The van der Waals surface area contributed by atoms with Crippen LogP contribution < -0.4 is 4.90 Å². The van der Waals surface area contributed by atoms with Crippen LogP contribution in [0.4, 0.5) is 5.82 Å². The lowest BCUT2D eigenvalue weighted by molar-refractivity contribution is 0.446. The molecule has 2 aromatic heterocycles. The molecule has 24 heavy (non-hydrogen) atoms. The minimum Gasteiger partial charge on any atom is -0.354 e. The van der Waals surface area contributed by atoms with Gasteiger partial charge in [0.15, 0.2) is 0 Å². The van der Waals surface area contributed by atoms with Crippen LogP contribution in [0.25, 0.3) is 11.0 Å². The number of rotatable bonds is 5. The highest BCUT2D eigenvalue weighted by Gasteiger charge is 2.58. The molecule has 0 aromatic carbocycles. The summed E-state index contributed by atoms with van der Waals surface area (Å²) in [5, 5.41) is 0.977. The molecule has 1 N–H and O–H groups in total. The molecule has 8 heteroatoms. The standard InChI is InChI=1S/C16H23N5O2S/c1-3-8-24(22,23)21-9-13(16(10-21)5-6-16)20(2)15-12-4-7-17-14(12)18-11-19-15/h4,7,11,13H,3,5-6,8-10H2,1-2H3,(H,17,18,19). The third kappa shape index (κ3) is 2.39. The largest absolute Gasteiger partial charge is 0.354 e. The van der Waals surface area contributed by atoms with E-state index >= 15 is 0 Å². The van der Waals surface area contributed by atoms with Crippen LogP contribution in [0.2, 0.25) is 0 Å². The van der Waals surface area contributed by atoms with Gasteiger partial charge in [0, 0.05) is 31.7 Å². The summed E-state index contributed by atoms with van der Waals surface area (Å²) in [6.07, 6.45) is 6.24. The summed E-state index contributed by atoms with van der Waals surface area (Å²) < 4.78 is 26.7. The summed E-state index contributed by atoms with van der Waals surface area (Å²) >= 11 is 0. The molecule has 2 aromatic rings. The van der Waals surface area contributed by atoms with E-state index in [-0.39, 0.29) is 17.2 Å². The maximum Gasteiger partial charge on any atom is 0.214 e. The Hall–Kier alpha value is -1.67. The fraction of sp³-hybridized carbons (Fsp3) is 0.625. The number of fused-ring (bicyclic) bond motifs is 1. The molecule has 4 rings (SSSR count). The van der Waals surface area contributed by atoms with Crippen molar-refractivity contribution in [1.29, 1.82) is 0 Å². The molecule has 130 valence electrons.